The van der Waals surface area contributed by atoms with Gasteiger partial charge in [0.05, 0.1) is 22.1 Å². The summed E-state index contributed by atoms with van der Waals surface area (Å²) in [5, 5.41) is 4.78. The van der Waals surface area contributed by atoms with Gasteiger partial charge in [0.1, 0.15) is 0 Å². The van der Waals surface area contributed by atoms with Crippen molar-refractivity contribution in [3.63, 3.8) is 0 Å². The molecule has 0 saturated carbocycles. The number of hydrogen-bond donors (Lipinski definition) is 0. The summed E-state index contributed by atoms with van der Waals surface area (Å²) in [4.78, 5) is 15.8. The van der Waals surface area contributed by atoms with E-state index in [9.17, 15) is 0 Å². The second kappa shape index (κ2) is 11.1. The fourth-order valence-corrected chi connectivity index (χ4v) is 8.71. The van der Waals surface area contributed by atoms with Gasteiger partial charge in [0, 0.05) is 43.8 Å². The molecule has 1 aliphatic rings. The highest BCUT2D eigenvalue weighted by Crippen LogP contribution is 2.49. The molecule has 11 rings (SSSR count). The molecule has 0 atom stereocenters. The molecule has 0 bridgehead atoms. The standard InChI is InChI=1S/C48H33N5/c1-48(2)39-21-8-3-16-33(39)38-29-31(26-27-40(38)48)46-49-45(50-47(51-46)53-43-24-11-6-19-36(43)37-20-7-12-25-44(37)53)30-14-13-15-32(28-30)52-41-22-9-4-17-34(41)35-18-5-10-23-42(35)52/h3-29H,1-2H3. The Labute approximate surface area is 306 Å². The van der Waals surface area contributed by atoms with E-state index in [-0.39, 0.29) is 5.41 Å². The zero-order chi connectivity index (χ0) is 35.3. The van der Waals surface area contributed by atoms with Crippen LogP contribution in [0, 0.1) is 0 Å². The summed E-state index contributed by atoms with van der Waals surface area (Å²) in [7, 11) is 0. The monoisotopic (exact) mass is 679 g/mol. The Kier molecular flexibility index (Phi) is 6.23. The minimum atomic E-state index is -0.0872. The lowest BCUT2D eigenvalue weighted by molar-refractivity contribution is 0.660. The molecule has 53 heavy (non-hydrogen) atoms. The Balaban J connectivity index is 1.16. The summed E-state index contributed by atoms with van der Waals surface area (Å²) in [5.41, 5.74) is 12.4. The first-order valence-electron chi connectivity index (χ1n) is 18.1. The minimum absolute atomic E-state index is 0.0872. The Morgan fingerprint density at radius 2 is 0.887 bits per heavy atom. The second-order valence-electron chi connectivity index (χ2n) is 14.5. The summed E-state index contributed by atoms with van der Waals surface area (Å²) in [6.45, 7) is 4.62. The SMILES string of the molecule is CC1(C)c2ccccc2-c2cc(-c3nc(-c4cccc(-n5c6ccccc6c6ccccc65)c4)nc(-n4c5ccccc5c5ccccc54)n3)ccc21. The van der Waals surface area contributed by atoms with Crippen LogP contribution in [0.15, 0.2) is 164 Å². The van der Waals surface area contributed by atoms with Crippen molar-refractivity contribution in [2.75, 3.05) is 0 Å². The first-order chi connectivity index (χ1) is 26.0. The molecule has 3 aromatic heterocycles. The van der Waals surface area contributed by atoms with Crippen LogP contribution in [0.5, 0.6) is 0 Å². The molecule has 0 fully saturated rings. The van der Waals surface area contributed by atoms with Gasteiger partial charge in [-0.3, -0.25) is 4.57 Å². The number of rotatable bonds is 4. The molecule has 0 radical (unpaired) electrons. The lowest BCUT2D eigenvalue weighted by Crippen LogP contribution is -2.14. The van der Waals surface area contributed by atoms with Crippen LogP contribution < -0.4 is 0 Å². The van der Waals surface area contributed by atoms with Crippen molar-refractivity contribution in [3.8, 4) is 45.5 Å². The van der Waals surface area contributed by atoms with Gasteiger partial charge in [0.2, 0.25) is 5.95 Å². The molecule has 7 aromatic carbocycles. The normalized spacial score (nSPS) is 13.2. The van der Waals surface area contributed by atoms with Gasteiger partial charge in [-0.15, -0.1) is 0 Å². The zero-order valence-electron chi connectivity index (χ0n) is 29.3. The predicted molar refractivity (Wildman–Crippen MR) is 217 cm³/mol. The Morgan fingerprint density at radius 3 is 1.49 bits per heavy atom. The van der Waals surface area contributed by atoms with Crippen molar-refractivity contribution in [1.29, 1.82) is 0 Å². The first kappa shape index (κ1) is 29.8. The maximum atomic E-state index is 5.28. The topological polar surface area (TPSA) is 48.5 Å². The molecular weight excluding hydrogens is 647 g/mol. The van der Waals surface area contributed by atoms with Gasteiger partial charge in [0.15, 0.2) is 11.6 Å². The third-order valence-corrected chi connectivity index (χ3v) is 11.2. The Morgan fingerprint density at radius 1 is 0.396 bits per heavy atom. The Bertz CT molecular complexity index is 3000. The molecule has 10 aromatic rings. The molecule has 0 aliphatic heterocycles. The molecule has 1 aliphatic carbocycles. The summed E-state index contributed by atoms with van der Waals surface area (Å²) >= 11 is 0. The van der Waals surface area contributed by atoms with Crippen molar-refractivity contribution in [2.24, 2.45) is 0 Å². The average molecular weight is 680 g/mol. The molecular formula is C48H33N5. The van der Waals surface area contributed by atoms with Gasteiger partial charge in [0.25, 0.3) is 0 Å². The van der Waals surface area contributed by atoms with Gasteiger partial charge in [-0.25, -0.2) is 4.98 Å². The van der Waals surface area contributed by atoms with E-state index >= 15 is 0 Å². The number of fused-ring (bicyclic) bond motifs is 9. The molecule has 0 spiro atoms. The predicted octanol–water partition coefficient (Wildman–Crippen LogP) is 11.7. The number of aromatic nitrogens is 5. The first-order valence-corrected chi connectivity index (χ1v) is 18.1. The lowest BCUT2D eigenvalue weighted by Gasteiger charge is -2.21. The van der Waals surface area contributed by atoms with E-state index in [1.165, 1.54) is 33.0 Å². The van der Waals surface area contributed by atoms with Gasteiger partial charge < -0.3 is 4.57 Å². The molecule has 5 nitrogen and oxygen atoms in total. The van der Waals surface area contributed by atoms with Crippen LogP contribution in [-0.4, -0.2) is 24.1 Å². The van der Waals surface area contributed by atoms with Gasteiger partial charge >= 0.3 is 0 Å². The number of nitrogens with zero attached hydrogens (tertiary/aromatic N) is 5. The third kappa shape index (κ3) is 4.34. The number of benzene rings is 7. The van der Waals surface area contributed by atoms with E-state index in [0.29, 0.717) is 17.6 Å². The van der Waals surface area contributed by atoms with E-state index in [1.54, 1.807) is 0 Å². The van der Waals surface area contributed by atoms with Gasteiger partial charge in [-0.2, -0.15) is 9.97 Å². The van der Waals surface area contributed by atoms with E-state index < -0.39 is 0 Å². The average Bonchev–Trinajstić information content (AvgIpc) is 3.81. The molecule has 0 unspecified atom stereocenters. The van der Waals surface area contributed by atoms with Crippen molar-refractivity contribution in [2.45, 2.75) is 19.3 Å². The van der Waals surface area contributed by atoms with Crippen molar-refractivity contribution in [1.82, 2.24) is 24.1 Å². The largest absolute Gasteiger partial charge is 0.309 e. The van der Waals surface area contributed by atoms with E-state index in [0.717, 1.165) is 49.7 Å². The van der Waals surface area contributed by atoms with Gasteiger partial charge in [-0.1, -0.05) is 135 Å². The van der Waals surface area contributed by atoms with Crippen LogP contribution in [0.2, 0.25) is 0 Å². The fraction of sp³-hybridized carbons (Fsp3) is 0.0625. The number of para-hydroxylation sites is 4. The maximum absolute atomic E-state index is 5.28. The van der Waals surface area contributed by atoms with Crippen LogP contribution in [0.4, 0.5) is 0 Å². The van der Waals surface area contributed by atoms with E-state index in [4.69, 9.17) is 15.0 Å². The second-order valence-corrected chi connectivity index (χ2v) is 14.5. The molecule has 250 valence electrons. The van der Waals surface area contributed by atoms with Crippen molar-refractivity contribution in [3.05, 3.63) is 175 Å². The van der Waals surface area contributed by atoms with E-state index in [2.05, 4.69) is 187 Å². The highest BCUT2D eigenvalue weighted by molar-refractivity contribution is 6.10. The highest BCUT2D eigenvalue weighted by Gasteiger charge is 2.35. The summed E-state index contributed by atoms with van der Waals surface area (Å²) < 4.78 is 4.52. The quantitative estimate of drug-likeness (QED) is 0.186. The third-order valence-electron chi connectivity index (χ3n) is 11.2. The lowest BCUT2D eigenvalue weighted by atomic mass is 9.82. The van der Waals surface area contributed by atoms with Crippen molar-refractivity contribution >= 4 is 43.6 Å². The summed E-state index contributed by atoms with van der Waals surface area (Å²) in [6.07, 6.45) is 0. The fourth-order valence-electron chi connectivity index (χ4n) is 8.71. The molecule has 5 heteroatoms. The van der Waals surface area contributed by atoms with Crippen molar-refractivity contribution < 1.29 is 0 Å². The van der Waals surface area contributed by atoms with Crippen LogP contribution >= 0.6 is 0 Å². The van der Waals surface area contributed by atoms with E-state index in [1.807, 2.05) is 0 Å². The van der Waals surface area contributed by atoms with Crippen LogP contribution in [0.1, 0.15) is 25.0 Å². The smallest absolute Gasteiger partial charge is 0.238 e. The number of hydrogen-bond acceptors (Lipinski definition) is 3. The van der Waals surface area contributed by atoms with Gasteiger partial charge in [-0.05, 0) is 64.7 Å². The maximum Gasteiger partial charge on any atom is 0.238 e. The summed E-state index contributed by atoms with van der Waals surface area (Å²) in [5.74, 6) is 1.85. The highest BCUT2D eigenvalue weighted by atomic mass is 15.2. The minimum Gasteiger partial charge on any atom is -0.309 e. The van der Waals surface area contributed by atoms with Crippen LogP contribution in [-0.2, 0) is 5.41 Å². The molecule has 0 saturated heterocycles. The zero-order valence-corrected chi connectivity index (χ0v) is 29.3. The van der Waals surface area contributed by atoms with Crippen LogP contribution in [0.25, 0.3) is 89.2 Å². The molecule has 0 N–H and O–H groups in total. The Hall–Kier alpha value is -6.85. The molecule has 3 heterocycles. The van der Waals surface area contributed by atoms with Crippen LogP contribution in [0.3, 0.4) is 0 Å². The summed E-state index contributed by atoms with van der Waals surface area (Å²) in [6, 6.07) is 58.2. The molecule has 0 amide bonds.